The van der Waals surface area contributed by atoms with Crippen LogP contribution in [0, 0.1) is 0 Å². The summed E-state index contributed by atoms with van der Waals surface area (Å²) in [6.07, 6.45) is 3.05. The van der Waals surface area contributed by atoms with Gasteiger partial charge in [-0.15, -0.1) is 0 Å². The molecule has 1 atom stereocenters. The van der Waals surface area contributed by atoms with Crippen LogP contribution in [-0.2, 0) is 28.3 Å². The van der Waals surface area contributed by atoms with Crippen LogP contribution >= 0.6 is 0 Å². The van der Waals surface area contributed by atoms with Gasteiger partial charge in [-0.1, -0.05) is 18.2 Å². The van der Waals surface area contributed by atoms with E-state index >= 15 is 0 Å². The number of aryl methyl sites for hydroxylation is 1. The lowest BCUT2D eigenvalue weighted by atomic mass is 10.1. The first-order valence-electron chi connectivity index (χ1n) is 7.16. The maximum absolute atomic E-state index is 12.4. The minimum absolute atomic E-state index is 0.0242. The average Bonchev–Trinajstić information content (AvgIpc) is 3.13. The molecule has 0 fully saturated rings. The molecular formula is C15H16N4O4S. The van der Waals surface area contributed by atoms with Gasteiger partial charge < -0.3 is 10.1 Å². The zero-order valence-electron chi connectivity index (χ0n) is 12.8. The molecule has 0 unspecified atom stereocenters. The quantitative estimate of drug-likeness (QED) is 0.611. The van der Waals surface area contributed by atoms with Gasteiger partial charge >= 0.3 is 5.97 Å². The Morgan fingerprint density at radius 1 is 1.38 bits per heavy atom. The maximum Gasteiger partial charge on any atom is 0.322 e. The summed E-state index contributed by atoms with van der Waals surface area (Å²) in [5.41, 5.74) is 1.59. The van der Waals surface area contributed by atoms with E-state index in [-0.39, 0.29) is 11.4 Å². The van der Waals surface area contributed by atoms with E-state index in [9.17, 15) is 18.3 Å². The number of fused-ring (bicyclic) bond motifs is 1. The molecule has 0 spiro atoms. The summed E-state index contributed by atoms with van der Waals surface area (Å²) in [4.78, 5) is 14.6. The first kappa shape index (κ1) is 16.2. The number of hydrogen-bond donors (Lipinski definition) is 3. The number of H-pyrrole nitrogens is 1. The Bertz CT molecular complexity index is 990. The lowest BCUT2D eigenvalue weighted by Crippen LogP contribution is -2.42. The van der Waals surface area contributed by atoms with E-state index in [0.717, 1.165) is 16.5 Å². The van der Waals surface area contributed by atoms with Crippen LogP contribution in [0.4, 0.5) is 0 Å². The van der Waals surface area contributed by atoms with Crippen LogP contribution in [0.1, 0.15) is 5.56 Å². The Morgan fingerprint density at radius 3 is 2.79 bits per heavy atom. The zero-order chi connectivity index (χ0) is 17.3. The smallest absolute Gasteiger partial charge is 0.322 e. The van der Waals surface area contributed by atoms with Gasteiger partial charge in [0.15, 0.2) is 5.03 Å². The van der Waals surface area contributed by atoms with Crippen molar-refractivity contribution >= 4 is 26.9 Å². The van der Waals surface area contributed by atoms with Crippen LogP contribution in [0.3, 0.4) is 0 Å². The second-order valence-electron chi connectivity index (χ2n) is 5.37. The number of carboxylic acids is 1. The molecule has 0 saturated carbocycles. The van der Waals surface area contributed by atoms with Crippen molar-refractivity contribution in [2.24, 2.45) is 7.05 Å². The molecule has 0 radical (unpaired) electrons. The van der Waals surface area contributed by atoms with Gasteiger partial charge in [-0.3, -0.25) is 9.48 Å². The molecule has 24 heavy (non-hydrogen) atoms. The SMILES string of the molecule is Cn1nccc1S(=O)(=O)N[C@@H](Cc1c[nH]c2ccccc12)C(=O)O. The minimum atomic E-state index is -3.99. The number of aromatic nitrogens is 3. The molecular weight excluding hydrogens is 332 g/mol. The van der Waals surface area contributed by atoms with Crippen LogP contribution in [0.15, 0.2) is 47.8 Å². The second kappa shape index (κ2) is 6.10. The van der Waals surface area contributed by atoms with Gasteiger partial charge in [0.05, 0.1) is 6.20 Å². The number of carboxylic acid groups (broad SMARTS) is 1. The standard InChI is InChI=1S/C15H16N4O4S/c1-19-14(6-7-17-19)24(22,23)18-13(15(20)21)8-10-9-16-12-5-3-2-4-11(10)12/h2-7,9,13,16,18H,8H2,1H3,(H,20,21)/t13-/m0/s1. The fourth-order valence-electron chi connectivity index (χ4n) is 2.57. The van der Waals surface area contributed by atoms with Gasteiger partial charge in [-0.05, 0) is 17.7 Å². The number of nitrogens with one attached hydrogen (secondary N) is 2. The van der Waals surface area contributed by atoms with Crippen molar-refractivity contribution in [1.82, 2.24) is 19.5 Å². The summed E-state index contributed by atoms with van der Waals surface area (Å²) in [7, 11) is -2.51. The first-order valence-corrected chi connectivity index (χ1v) is 8.65. The monoisotopic (exact) mass is 348 g/mol. The van der Waals surface area contributed by atoms with Gasteiger partial charge in [0.1, 0.15) is 6.04 Å². The van der Waals surface area contributed by atoms with E-state index in [1.54, 1.807) is 6.20 Å². The number of hydrogen-bond acceptors (Lipinski definition) is 4. The molecule has 8 nitrogen and oxygen atoms in total. The molecule has 0 amide bonds. The molecule has 126 valence electrons. The molecule has 0 aliphatic heterocycles. The second-order valence-corrected chi connectivity index (χ2v) is 7.03. The molecule has 0 bridgehead atoms. The Kier molecular flexibility index (Phi) is 4.12. The van der Waals surface area contributed by atoms with Gasteiger partial charge in [-0.25, -0.2) is 8.42 Å². The predicted molar refractivity (Wildman–Crippen MR) is 87.0 cm³/mol. The number of para-hydroxylation sites is 1. The van der Waals surface area contributed by atoms with E-state index in [4.69, 9.17) is 0 Å². The molecule has 9 heteroatoms. The van der Waals surface area contributed by atoms with Crippen molar-refractivity contribution in [3.05, 3.63) is 48.3 Å². The Hall–Kier alpha value is -2.65. The van der Waals surface area contributed by atoms with E-state index in [1.807, 2.05) is 24.3 Å². The van der Waals surface area contributed by atoms with E-state index in [1.165, 1.54) is 24.0 Å². The summed E-state index contributed by atoms with van der Waals surface area (Å²) in [6.45, 7) is 0. The number of nitrogens with zero attached hydrogens (tertiary/aromatic N) is 2. The van der Waals surface area contributed by atoms with Crippen molar-refractivity contribution < 1.29 is 18.3 Å². The van der Waals surface area contributed by atoms with E-state index < -0.39 is 22.0 Å². The lowest BCUT2D eigenvalue weighted by Gasteiger charge is -2.14. The third-order valence-corrected chi connectivity index (χ3v) is 5.29. The highest BCUT2D eigenvalue weighted by Gasteiger charge is 2.28. The normalized spacial score (nSPS) is 13.2. The first-order chi connectivity index (χ1) is 11.4. The highest BCUT2D eigenvalue weighted by molar-refractivity contribution is 7.89. The molecule has 0 aliphatic rings. The van der Waals surface area contributed by atoms with Crippen molar-refractivity contribution in [2.45, 2.75) is 17.5 Å². The number of aromatic amines is 1. The summed E-state index contributed by atoms with van der Waals surface area (Å²) >= 11 is 0. The Morgan fingerprint density at radius 2 is 2.12 bits per heavy atom. The highest BCUT2D eigenvalue weighted by Crippen LogP contribution is 2.20. The van der Waals surface area contributed by atoms with Crippen LogP contribution in [0.2, 0.25) is 0 Å². The Balaban J connectivity index is 1.88. The summed E-state index contributed by atoms with van der Waals surface area (Å²) in [6, 6.07) is 7.46. The van der Waals surface area contributed by atoms with Gasteiger partial charge in [-0.2, -0.15) is 9.82 Å². The lowest BCUT2D eigenvalue weighted by molar-refractivity contribution is -0.138. The van der Waals surface area contributed by atoms with E-state index in [0.29, 0.717) is 0 Å². The molecule has 2 aromatic heterocycles. The number of aliphatic carboxylic acids is 1. The van der Waals surface area contributed by atoms with Crippen LogP contribution in [-0.4, -0.2) is 40.3 Å². The van der Waals surface area contributed by atoms with Crippen molar-refractivity contribution in [2.75, 3.05) is 0 Å². The highest BCUT2D eigenvalue weighted by atomic mass is 32.2. The molecule has 3 rings (SSSR count). The number of benzene rings is 1. The molecule has 0 aliphatic carbocycles. The zero-order valence-corrected chi connectivity index (χ0v) is 13.6. The third-order valence-electron chi connectivity index (χ3n) is 3.75. The number of rotatable bonds is 6. The minimum Gasteiger partial charge on any atom is -0.480 e. The van der Waals surface area contributed by atoms with Crippen molar-refractivity contribution in [3.63, 3.8) is 0 Å². The number of carbonyl (C=O) groups is 1. The average molecular weight is 348 g/mol. The molecule has 3 N–H and O–H groups in total. The van der Waals surface area contributed by atoms with Crippen LogP contribution < -0.4 is 4.72 Å². The summed E-state index contributed by atoms with van der Waals surface area (Å²) in [5, 5.41) is 14.0. The van der Waals surface area contributed by atoms with Crippen LogP contribution in [0.25, 0.3) is 10.9 Å². The summed E-state index contributed by atoms with van der Waals surface area (Å²) < 4.78 is 28.2. The maximum atomic E-state index is 12.4. The topological polar surface area (TPSA) is 117 Å². The largest absolute Gasteiger partial charge is 0.480 e. The van der Waals surface area contributed by atoms with Crippen molar-refractivity contribution in [3.8, 4) is 0 Å². The summed E-state index contributed by atoms with van der Waals surface area (Å²) in [5.74, 6) is -1.24. The van der Waals surface area contributed by atoms with Crippen LogP contribution in [0.5, 0.6) is 0 Å². The molecule has 3 aromatic rings. The fourth-order valence-corrected chi connectivity index (χ4v) is 3.89. The van der Waals surface area contributed by atoms with Gasteiger partial charge in [0, 0.05) is 30.6 Å². The van der Waals surface area contributed by atoms with Gasteiger partial charge in [0.25, 0.3) is 10.0 Å². The Labute approximate surface area is 138 Å². The molecule has 0 saturated heterocycles. The van der Waals surface area contributed by atoms with E-state index in [2.05, 4.69) is 14.8 Å². The van der Waals surface area contributed by atoms with Crippen molar-refractivity contribution in [1.29, 1.82) is 0 Å². The molecule has 1 aromatic carbocycles. The fraction of sp³-hybridized carbons (Fsp3) is 0.200. The molecule has 2 heterocycles. The predicted octanol–water partition coefficient (Wildman–Crippen LogP) is 0.876. The van der Waals surface area contributed by atoms with Gasteiger partial charge in [0.2, 0.25) is 0 Å². The third kappa shape index (κ3) is 3.03. The number of sulfonamides is 1.